The summed E-state index contributed by atoms with van der Waals surface area (Å²) in [4.78, 5) is 18.7. The standard InChI is InChI=1S/C39H39F6N7O4S/c1-19-8-10-27(34-30(19)37(49-51(34)6)50-57(7,55)56)26-11-9-25(12-13-38(4,5)54)46-32(26)28(16-22-14-23(40)17-24(41)15-22)47-29(53)18-52-35-31(33(48-52)36(42)43)20(2)21(3)39(35,44)45/h8-11,14-15,17,20-21,28,36,54H,16,18H2,1-7H3,(H,47,53)(H,49,50)/t20-,21+,28-/m0/s1. The predicted molar refractivity (Wildman–Crippen MR) is 200 cm³/mol. The van der Waals surface area contributed by atoms with Gasteiger partial charge in [0.25, 0.3) is 12.3 Å². The Bertz CT molecular complexity index is 2570. The van der Waals surface area contributed by atoms with Crippen LogP contribution in [-0.4, -0.2) is 55.8 Å². The molecule has 0 saturated heterocycles. The first-order valence-electron chi connectivity index (χ1n) is 17.7. The molecular weight excluding hydrogens is 777 g/mol. The fraction of sp³-hybridized carbons (Fsp3) is 0.385. The number of hydrogen-bond acceptors (Lipinski definition) is 7. The highest BCUT2D eigenvalue weighted by Crippen LogP contribution is 2.54. The number of hydrogen-bond donors (Lipinski definition) is 3. The van der Waals surface area contributed by atoms with Gasteiger partial charge < -0.3 is 10.4 Å². The number of pyridine rings is 1. The third-order valence-electron chi connectivity index (χ3n) is 9.83. The molecule has 1 aliphatic rings. The lowest BCUT2D eigenvalue weighted by molar-refractivity contribution is -0.123. The minimum Gasteiger partial charge on any atom is -0.378 e. The van der Waals surface area contributed by atoms with E-state index >= 15 is 8.78 Å². The average Bonchev–Trinajstić information content (AvgIpc) is 3.68. The van der Waals surface area contributed by atoms with Crippen LogP contribution in [0.15, 0.2) is 42.5 Å². The van der Waals surface area contributed by atoms with E-state index in [1.54, 1.807) is 32.2 Å². The van der Waals surface area contributed by atoms with Gasteiger partial charge in [-0.2, -0.15) is 19.0 Å². The zero-order valence-electron chi connectivity index (χ0n) is 31.8. The lowest BCUT2D eigenvalue weighted by atomic mass is 9.93. The number of amides is 1. The molecule has 0 fully saturated rings. The van der Waals surface area contributed by atoms with E-state index in [-0.39, 0.29) is 34.8 Å². The van der Waals surface area contributed by atoms with Crippen LogP contribution in [-0.2, 0) is 40.8 Å². The number of nitrogens with one attached hydrogen (secondary N) is 2. The normalized spacial score (nSPS) is 17.0. The van der Waals surface area contributed by atoms with Gasteiger partial charge in [-0.3, -0.25) is 18.9 Å². The Kier molecular flexibility index (Phi) is 10.7. The molecule has 302 valence electrons. The summed E-state index contributed by atoms with van der Waals surface area (Å²) >= 11 is 0. The second-order valence-electron chi connectivity index (χ2n) is 14.8. The number of benzene rings is 2. The first-order chi connectivity index (χ1) is 26.4. The minimum absolute atomic E-state index is 0.0342. The molecule has 1 amide bonds. The molecule has 0 aliphatic heterocycles. The van der Waals surface area contributed by atoms with Crippen molar-refractivity contribution in [2.45, 2.75) is 77.5 Å². The minimum atomic E-state index is -3.78. The number of aromatic nitrogens is 5. The maximum Gasteiger partial charge on any atom is 0.292 e. The van der Waals surface area contributed by atoms with Crippen LogP contribution in [0.3, 0.4) is 0 Å². The number of carbonyl (C=O) groups excluding carboxylic acids is 1. The molecule has 1 aliphatic carbocycles. The fourth-order valence-electron chi connectivity index (χ4n) is 7.20. The number of aryl methyl sites for hydroxylation is 2. The summed E-state index contributed by atoms with van der Waals surface area (Å²) in [5.41, 5.74) is -1.39. The number of anilines is 1. The van der Waals surface area contributed by atoms with Gasteiger partial charge in [-0.05, 0) is 74.4 Å². The lowest BCUT2D eigenvalue weighted by Gasteiger charge is -2.23. The largest absolute Gasteiger partial charge is 0.378 e. The first-order valence-corrected chi connectivity index (χ1v) is 19.6. The van der Waals surface area contributed by atoms with Crippen molar-refractivity contribution >= 4 is 32.7 Å². The maximum atomic E-state index is 15.6. The average molecular weight is 816 g/mol. The molecule has 5 aromatic rings. The van der Waals surface area contributed by atoms with E-state index in [9.17, 15) is 35.9 Å². The summed E-state index contributed by atoms with van der Waals surface area (Å²) in [5.74, 6) is -3.30. The summed E-state index contributed by atoms with van der Waals surface area (Å²) in [6.45, 7) is 6.32. The molecule has 3 atom stereocenters. The van der Waals surface area contributed by atoms with Crippen molar-refractivity contribution in [2.75, 3.05) is 11.0 Å². The van der Waals surface area contributed by atoms with Crippen molar-refractivity contribution in [3.05, 3.63) is 93.6 Å². The lowest BCUT2D eigenvalue weighted by Crippen LogP contribution is -2.35. The summed E-state index contributed by atoms with van der Waals surface area (Å²) in [7, 11) is -2.19. The number of halogens is 6. The van der Waals surface area contributed by atoms with Crippen molar-refractivity contribution in [1.82, 2.24) is 29.9 Å². The summed E-state index contributed by atoms with van der Waals surface area (Å²) in [6, 6.07) is 7.96. The SMILES string of the molecule is Cc1ccc(-c2ccc(C#CC(C)(C)O)nc2[C@H](Cc2cc(F)cc(F)c2)NC(=O)Cn2nc(C(F)F)c3c2C(F)(F)[C@H](C)[C@@H]3C)c2c1c(NS(C)(=O)=O)nn2C. The molecule has 0 unspecified atom stereocenters. The molecule has 0 saturated carbocycles. The van der Waals surface area contributed by atoms with Crippen molar-refractivity contribution in [3.8, 4) is 23.0 Å². The van der Waals surface area contributed by atoms with Gasteiger partial charge in [0.1, 0.15) is 40.9 Å². The third-order valence-corrected chi connectivity index (χ3v) is 10.4. The maximum absolute atomic E-state index is 15.6. The van der Waals surface area contributed by atoms with E-state index in [2.05, 4.69) is 32.1 Å². The summed E-state index contributed by atoms with van der Waals surface area (Å²) in [5, 5.41) is 21.6. The van der Waals surface area contributed by atoms with Crippen LogP contribution >= 0.6 is 0 Å². The van der Waals surface area contributed by atoms with E-state index < -0.39 is 81.3 Å². The zero-order chi connectivity index (χ0) is 41.9. The molecule has 3 N–H and O–H groups in total. The Morgan fingerprint density at radius 3 is 2.30 bits per heavy atom. The van der Waals surface area contributed by atoms with Crippen LogP contribution < -0.4 is 10.0 Å². The number of fused-ring (bicyclic) bond motifs is 2. The first kappa shape index (κ1) is 41.2. The van der Waals surface area contributed by atoms with Gasteiger partial charge in [-0.15, -0.1) is 0 Å². The zero-order valence-corrected chi connectivity index (χ0v) is 32.7. The Balaban J connectivity index is 1.54. The Morgan fingerprint density at radius 2 is 1.68 bits per heavy atom. The summed E-state index contributed by atoms with van der Waals surface area (Å²) < 4.78 is 118. The van der Waals surface area contributed by atoms with Gasteiger partial charge in [-0.1, -0.05) is 31.9 Å². The molecular formula is C39H39F6N7O4S. The number of alkyl halides is 4. The highest BCUT2D eigenvalue weighted by molar-refractivity contribution is 7.92. The van der Waals surface area contributed by atoms with Gasteiger partial charge >= 0.3 is 0 Å². The number of sulfonamides is 1. The molecule has 0 spiro atoms. The highest BCUT2D eigenvalue weighted by Gasteiger charge is 2.55. The predicted octanol–water partition coefficient (Wildman–Crippen LogP) is 6.80. The second kappa shape index (κ2) is 14.8. The quantitative estimate of drug-likeness (QED) is 0.104. The number of nitrogens with zero attached hydrogens (tertiary/aromatic N) is 5. The monoisotopic (exact) mass is 815 g/mol. The van der Waals surface area contributed by atoms with Crippen LogP contribution in [0.25, 0.3) is 22.0 Å². The molecule has 18 heteroatoms. The Hall–Kier alpha value is -5.41. The van der Waals surface area contributed by atoms with Gasteiger partial charge in [0.2, 0.25) is 15.9 Å². The van der Waals surface area contributed by atoms with Crippen molar-refractivity contribution < 1.29 is 44.7 Å². The molecule has 3 heterocycles. The number of carbonyl (C=O) groups is 1. The number of aliphatic hydroxyl groups is 1. The van der Waals surface area contributed by atoms with Crippen LogP contribution in [0.5, 0.6) is 0 Å². The Morgan fingerprint density at radius 1 is 1.04 bits per heavy atom. The van der Waals surface area contributed by atoms with Crippen LogP contribution in [0.2, 0.25) is 0 Å². The highest BCUT2D eigenvalue weighted by atomic mass is 32.2. The van der Waals surface area contributed by atoms with E-state index in [4.69, 9.17) is 4.98 Å². The van der Waals surface area contributed by atoms with Crippen molar-refractivity contribution in [2.24, 2.45) is 13.0 Å². The third kappa shape index (κ3) is 8.35. The second-order valence-corrected chi connectivity index (χ2v) is 16.6. The fourth-order valence-corrected chi connectivity index (χ4v) is 7.70. The molecule has 3 aromatic heterocycles. The van der Waals surface area contributed by atoms with Gasteiger partial charge in [0, 0.05) is 41.1 Å². The summed E-state index contributed by atoms with van der Waals surface area (Å²) in [6.07, 6.45) is -2.56. The molecule has 57 heavy (non-hydrogen) atoms. The molecule has 0 bridgehead atoms. The molecule has 0 radical (unpaired) electrons. The van der Waals surface area contributed by atoms with Crippen LogP contribution in [0, 0.1) is 36.3 Å². The van der Waals surface area contributed by atoms with E-state index in [1.165, 1.54) is 38.4 Å². The smallest absolute Gasteiger partial charge is 0.292 e. The van der Waals surface area contributed by atoms with Crippen LogP contribution in [0.4, 0.5) is 32.2 Å². The van der Waals surface area contributed by atoms with Gasteiger partial charge in [0.05, 0.1) is 23.5 Å². The molecule has 2 aromatic carbocycles. The molecule has 6 rings (SSSR count). The van der Waals surface area contributed by atoms with E-state index in [0.717, 1.165) is 18.4 Å². The van der Waals surface area contributed by atoms with E-state index in [1.807, 2.05) is 0 Å². The van der Waals surface area contributed by atoms with Crippen molar-refractivity contribution in [3.63, 3.8) is 0 Å². The topological polar surface area (TPSA) is 144 Å². The van der Waals surface area contributed by atoms with Crippen molar-refractivity contribution in [1.29, 1.82) is 0 Å². The molecule has 11 nitrogen and oxygen atoms in total. The van der Waals surface area contributed by atoms with E-state index in [0.29, 0.717) is 38.3 Å². The van der Waals surface area contributed by atoms with Crippen LogP contribution in [0.1, 0.15) is 85.5 Å². The van der Waals surface area contributed by atoms with Gasteiger partial charge in [-0.25, -0.2) is 31.0 Å². The van der Waals surface area contributed by atoms with Gasteiger partial charge in [0.15, 0.2) is 5.82 Å². The number of rotatable bonds is 10. The Labute approximate surface area is 324 Å².